The first kappa shape index (κ1) is 48.4. The molecule has 5 aliphatic rings. The number of anilines is 4. The van der Waals surface area contributed by atoms with Gasteiger partial charge in [-0.3, -0.25) is 52.7 Å². The van der Waals surface area contributed by atoms with E-state index in [9.17, 15) is 33.6 Å². The van der Waals surface area contributed by atoms with Gasteiger partial charge in [-0.15, -0.1) is 0 Å². The number of aryl methyl sites for hydroxylation is 1. The van der Waals surface area contributed by atoms with Crippen LogP contribution in [-0.2, 0) is 26.2 Å². The number of carbonyl (C=O) groups excluding carboxylic acids is 4. The van der Waals surface area contributed by atoms with Crippen molar-refractivity contribution in [2.24, 2.45) is 24.8 Å². The van der Waals surface area contributed by atoms with Crippen molar-refractivity contribution in [3.8, 4) is 5.69 Å². The van der Waals surface area contributed by atoms with Crippen molar-refractivity contribution in [1.82, 2.24) is 33.8 Å². The largest absolute Gasteiger partial charge is 0.357 e. The van der Waals surface area contributed by atoms with Crippen LogP contribution < -0.4 is 37.7 Å². The molecule has 0 bridgehead atoms. The molecule has 0 radical (unpaired) electrons. The van der Waals surface area contributed by atoms with Crippen molar-refractivity contribution in [3.63, 3.8) is 0 Å². The average molecular weight is 1080 g/mol. The number of aromatic nitrogens is 4. The van der Waals surface area contributed by atoms with E-state index >= 15 is 4.39 Å². The van der Waals surface area contributed by atoms with E-state index in [1.54, 1.807) is 43.5 Å². The van der Waals surface area contributed by atoms with Crippen LogP contribution in [0.4, 0.5) is 27.4 Å². The third-order valence-corrected chi connectivity index (χ3v) is 16.0. The van der Waals surface area contributed by atoms with Crippen molar-refractivity contribution < 1.29 is 23.6 Å². The highest BCUT2D eigenvalue weighted by Crippen LogP contribution is 2.36. The normalized spacial score (nSPS) is 21.3. The Balaban J connectivity index is 0.736. The number of nitrogens with zero attached hydrogens (tertiary/aromatic N) is 7. The predicted octanol–water partition coefficient (Wildman–Crippen LogP) is 5.70. The lowest BCUT2D eigenvalue weighted by atomic mass is 9.80. The highest BCUT2D eigenvalue weighted by molar-refractivity contribution is 14.1. The number of benzene rings is 2. The van der Waals surface area contributed by atoms with Gasteiger partial charge in [0.1, 0.15) is 22.8 Å². The van der Waals surface area contributed by atoms with Gasteiger partial charge in [-0.1, -0.05) is 12.1 Å². The Morgan fingerprint density at radius 3 is 2.24 bits per heavy atom. The lowest BCUT2D eigenvalue weighted by Crippen LogP contribution is -2.52. The van der Waals surface area contributed by atoms with E-state index in [1.807, 2.05) is 39.6 Å². The van der Waals surface area contributed by atoms with E-state index in [1.165, 1.54) is 32.9 Å². The van der Waals surface area contributed by atoms with Gasteiger partial charge in [-0.2, -0.15) is 0 Å². The summed E-state index contributed by atoms with van der Waals surface area (Å²) in [5.41, 5.74) is 0.301. The summed E-state index contributed by atoms with van der Waals surface area (Å²) in [7, 11) is 1.50. The molecule has 2 saturated carbocycles. The van der Waals surface area contributed by atoms with Gasteiger partial charge in [0.2, 0.25) is 23.6 Å². The maximum absolute atomic E-state index is 15.2. The number of hydrogen-bond acceptors (Lipinski definition) is 11. The molecule has 10 rings (SSSR count). The number of rotatable bonds is 11. The van der Waals surface area contributed by atoms with E-state index in [4.69, 9.17) is 0 Å². The number of hydrogen-bond donors (Lipinski definition) is 3. The van der Waals surface area contributed by atoms with Crippen LogP contribution in [0, 0.1) is 34.1 Å². The fourth-order valence-electron chi connectivity index (χ4n) is 11.1. The Kier molecular flexibility index (Phi) is 13.7. The quantitative estimate of drug-likeness (QED) is 0.109. The number of pyridine rings is 2. The molecule has 5 aromatic rings. The lowest BCUT2D eigenvalue weighted by molar-refractivity contribution is -0.139. The summed E-state index contributed by atoms with van der Waals surface area (Å²) in [6, 6.07) is 15.0. The van der Waals surface area contributed by atoms with Crippen LogP contribution >= 0.6 is 22.6 Å². The second-order valence-corrected chi connectivity index (χ2v) is 21.2. The molecule has 3 N–H and O–H groups in total. The molecular formula is C52H58FIN10O7. The van der Waals surface area contributed by atoms with Gasteiger partial charge in [0.25, 0.3) is 11.1 Å². The van der Waals surface area contributed by atoms with Crippen LogP contribution in [0.15, 0.2) is 75.2 Å². The number of carbonyl (C=O) groups is 4. The van der Waals surface area contributed by atoms with Crippen LogP contribution in [0.25, 0.3) is 16.6 Å². The zero-order chi connectivity index (χ0) is 49.7. The third-order valence-electron chi connectivity index (χ3n) is 15.3. The first-order chi connectivity index (χ1) is 34.2. The molecule has 17 nitrogen and oxygen atoms in total. The molecular weight excluding hydrogens is 1020 g/mol. The van der Waals surface area contributed by atoms with Gasteiger partial charge in [-0.05, 0) is 141 Å². The monoisotopic (exact) mass is 1080 g/mol. The second-order valence-electron chi connectivity index (χ2n) is 19.9. The van der Waals surface area contributed by atoms with Gasteiger partial charge in [0, 0.05) is 98.2 Å². The molecule has 0 spiro atoms. The number of nitrogens with one attached hydrogen (secondary N) is 3. The SMILES string of the molecule is Cc1c(=O)n(C)c(Nc2ccc(I)cc2F)c2c(=O)n(C3CC3)c(=O)n(-c3cccc(NC(=O)C4CCC(C(=O)N5CCN(CC6CCN(c7ccc(C8CCC(=O)NC8=O)cn7)CC6)CC5)CC4)c3)c12. The first-order valence-corrected chi connectivity index (χ1v) is 25.9. The van der Waals surface area contributed by atoms with E-state index in [0.29, 0.717) is 85.3 Å². The zero-order valence-corrected chi connectivity index (χ0v) is 42.1. The minimum absolute atomic E-state index is 0.0576. The van der Waals surface area contributed by atoms with Crippen LogP contribution in [0.5, 0.6) is 0 Å². The average Bonchev–Trinajstić information content (AvgIpc) is 4.21. The highest BCUT2D eigenvalue weighted by atomic mass is 127. The molecule has 1 unspecified atom stereocenters. The number of amides is 4. The van der Waals surface area contributed by atoms with Crippen molar-refractivity contribution in [3.05, 3.63) is 113 Å². The smallest absolute Gasteiger partial charge is 0.336 e. The lowest BCUT2D eigenvalue weighted by Gasteiger charge is -2.40. The summed E-state index contributed by atoms with van der Waals surface area (Å²) in [5, 5.41) is 8.53. The van der Waals surface area contributed by atoms with Gasteiger partial charge < -0.3 is 20.4 Å². The molecule has 3 aliphatic heterocycles. The first-order valence-electron chi connectivity index (χ1n) is 24.8. The molecule has 19 heteroatoms. The van der Waals surface area contributed by atoms with E-state index in [2.05, 4.69) is 30.7 Å². The van der Waals surface area contributed by atoms with Crippen molar-refractivity contribution in [2.45, 2.75) is 83.1 Å². The number of halogens is 2. The van der Waals surface area contributed by atoms with Gasteiger partial charge >= 0.3 is 5.69 Å². The summed E-state index contributed by atoms with van der Waals surface area (Å²) in [5.74, 6) is -0.325. The predicted molar refractivity (Wildman–Crippen MR) is 276 cm³/mol. The molecule has 1 atom stereocenters. The molecule has 71 heavy (non-hydrogen) atoms. The Morgan fingerprint density at radius 1 is 0.831 bits per heavy atom. The number of imide groups is 1. The van der Waals surface area contributed by atoms with Crippen LogP contribution in [-0.4, -0.2) is 97.9 Å². The van der Waals surface area contributed by atoms with Crippen LogP contribution in [0.3, 0.4) is 0 Å². The van der Waals surface area contributed by atoms with Gasteiger partial charge in [-0.25, -0.2) is 14.2 Å². The number of piperidine rings is 2. The number of piperazine rings is 1. The molecule has 2 aromatic carbocycles. The molecule has 5 fully saturated rings. The van der Waals surface area contributed by atoms with E-state index < -0.39 is 22.6 Å². The Morgan fingerprint density at radius 2 is 1.56 bits per heavy atom. The second kappa shape index (κ2) is 20.1. The van der Waals surface area contributed by atoms with E-state index in [-0.39, 0.29) is 75.4 Å². The molecule has 4 amide bonds. The van der Waals surface area contributed by atoms with Gasteiger partial charge in [0.15, 0.2) is 0 Å². The zero-order valence-electron chi connectivity index (χ0n) is 39.9. The summed E-state index contributed by atoms with van der Waals surface area (Å²) in [6.07, 6.45) is 8.34. The summed E-state index contributed by atoms with van der Waals surface area (Å²) in [6.45, 7) is 7.40. The Hall–Kier alpha value is -6.22. The molecule has 3 saturated heterocycles. The fraction of sp³-hybridized carbons (Fsp3) is 0.462. The third kappa shape index (κ3) is 9.90. The summed E-state index contributed by atoms with van der Waals surface area (Å²) in [4.78, 5) is 105. The number of fused-ring (bicyclic) bond motifs is 1. The van der Waals surface area contributed by atoms with Crippen LogP contribution in [0.1, 0.15) is 87.3 Å². The Bertz CT molecular complexity index is 3110. The Labute approximate surface area is 422 Å². The molecule has 6 heterocycles. The summed E-state index contributed by atoms with van der Waals surface area (Å²) < 4.78 is 19.7. The molecule has 372 valence electrons. The van der Waals surface area contributed by atoms with Gasteiger partial charge in [0.05, 0.1) is 22.8 Å². The van der Waals surface area contributed by atoms with Crippen LogP contribution in [0.2, 0.25) is 0 Å². The minimum Gasteiger partial charge on any atom is -0.357 e. The van der Waals surface area contributed by atoms with Crippen molar-refractivity contribution in [1.29, 1.82) is 0 Å². The van der Waals surface area contributed by atoms with Crippen molar-refractivity contribution >= 4 is 80.1 Å². The maximum Gasteiger partial charge on any atom is 0.336 e. The van der Waals surface area contributed by atoms with E-state index in [0.717, 1.165) is 56.9 Å². The fourth-order valence-corrected chi connectivity index (χ4v) is 11.5. The topological polar surface area (TPSA) is 193 Å². The standard InChI is InChI=1S/C52H58FIN10O7/c1-30-45-44(46(59(2)49(30)68)57-41-15-11-35(54)26-40(41)53)51(70)64(37-12-13-37)52(71)63(45)38-5-3-4-36(27-38)56-47(66)32-6-8-33(9-7-32)50(69)62-24-22-60(23-25-62)29-31-18-20-61(21-19-31)42-16-10-34(28-55-42)39-14-17-43(65)58-48(39)67/h3-5,10-11,15-16,26-28,31-33,37,39,57H,6-9,12-14,17-25,29H2,1-2H3,(H,56,66)(H,58,65,67). The highest BCUT2D eigenvalue weighted by Gasteiger charge is 2.36. The molecule has 2 aliphatic carbocycles. The van der Waals surface area contributed by atoms with Crippen molar-refractivity contribution in [2.75, 3.05) is 61.3 Å². The maximum atomic E-state index is 15.2. The minimum atomic E-state index is -0.606. The molecule has 3 aromatic heterocycles. The summed E-state index contributed by atoms with van der Waals surface area (Å²) >= 11 is 2.00.